The zero-order valence-corrected chi connectivity index (χ0v) is 18.7. The van der Waals surface area contributed by atoms with Gasteiger partial charge < -0.3 is 10.1 Å². The van der Waals surface area contributed by atoms with E-state index in [0.29, 0.717) is 5.69 Å². The Bertz CT molecular complexity index is 1170. The maximum atomic E-state index is 13.3. The van der Waals surface area contributed by atoms with E-state index in [1.54, 1.807) is 30.3 Å². The molecule has 6 nitrogen and oxygen atoms in total. The van der Waals surface area contributed by atoms with E-state index in [2.05, 4.69) is 5.32 Å². The molecule has 8 heteroatoms. The van der Waals surface area contributed by atoms with Gasteiger partial charge in [-0.05, 0) is 67.4 Å². The van der Waals surface area contributed by atoms with Crippen LogP contribution in [-0.4, -0.2) is 34.0 Å². The van der Waals surface area contributed by atoms with Crippen molar-refractivity contribution >= 4 is 21.6 Å². The summed E-state index contributed by atoms with van der Waals surface area (Å²) in [5.74, 6) is -0.287. The van der Waals surface area contributed by atoms with Gasteiger partial charge in [0, 0.05) is 0 Å². The lowest BCUT2D eigenvalue weighted by Gasteiger charge is -2.24. The van der Waals surface area contributed by atoms with Gasteiger partial charge in [-0.25, -0.2) is 12.8 Å². The van der Waals surface area contributed by atoms with Gasteiger partial charge >= 0.3 is 0 Å². The first-order chi connectivity index (χ1) is 15.3. The van der Waals surface area contributed by atoms with Gasteiger partial charge in [0.2, 0.25) is 5.91 Å². The van der Waals surface area contributed by atoms with Crippen LogP contribution >= 0.6 is 0 Å². The molecular formula is C24H25FN2O4S. The monoisotopic (exact) mass is 456 g/mol. The number of ether oxygens (including phenoxy) is 1. The number of aryl methyl sites for hydroxylation is 1. The number of hydrogen-bond acceptors (Lipinski definition) is 4. The van der Waals surface area contributed by atoms with Crippen LogP contribution in [0.1, 0.15) is 11.1 Å². The molecule has 1 amide bonds. The number of rotatable bonds is 9. The predicted octanol–water partition coefficient (Wildman–Crippen LogP) is 3.83. The number of carbonyl (C=O) groups is 1. The average Bonchev–Trinajstić information content (AvgIpc) is 2.78. The van der Waals surface area contributed by atoms with E-state index in [1.807, 2.05) is 32.0 Å². The predicted molar refractivity (Wildman–Crippen MR) is 122 cm³/mol. The van der Waals surface area contributed by atoms with Crippen LogP contribution in [0.25, 0.3) is 0 Å². The number of nitrogens with zero attached hydrogens (tertiary/aromatic N) is 1. The highest BCUT2D eigenvalue weighted by Crippen LogP contribution is 2.23. The summed E-state index contributed by atoms with van der Waals surface area (Å²) in [6.07, 6.45) is 0. The Morgan fingerprint density at radius 3 is 2.34 bits per heavy atom. The average molecular weight is 457 g/mol. The van der Waals surface area contributed by atoms with Crippen molar-refractivity contribution in [3.63, 3.8) is 0 Å². The first-order valence-corrected chi connectivity index (χ1v) is 11.5. The van der Waals surface area contributed by atoms with Gasteiger partial charge in [-0.3, -0.25) is 9.10 Å². The Kier molecular flexibility index (Phi) is 7.48. The highest BCUT2D eigenvalue weighted by atomic mass is 32.2. The van der Waals surface area contributed by atoms with Crippen LogP contribution in [0.3, 0.4) is 0 Å². The first-order valence-electron chi connectivity index (χ1n) is 10.1. The zero-order valence-electron chi connectivity index (χ0n) is 17.9. The fourth-order valence-corrected chi connectivity index (χ4v) is 4.48. The summed E-state index contributed by atoms with van der Waals surface area (Å²) in [5, 5.41) is 2.69. The Morgan fingerprint density at radius 2 is 1.66 bits per heavy atom. The topological polar surface area (TPSA) is 75.7 Å². The molecule has 0 aliphatic carbocycles. The molecule has 3 aromatic carbocycles. The van der Waals surface area contributed by atoms with Crippen molar-refractivity contribution in [3.05, 3.63) is 89.7 Å². The fourth-order valence-electron chi connectivity index (χ4n) is 3.06. The van der Waals surface area contributed by atoms with E-state index in [0.717, 1.165) is 33.3 Å². The van der Waals surface area contributed by atoms with Crippen LogP contribution in [-0.2, 0) is 14.8 Å². The smallest absolute Gasteiger partial charge is 0.264 e. The molecule has 1 N–H and O–H groups in total. The van der Waals surface area contributed by atoms with Crippen LogP contribution in [0.15, 0.2) is 77.7 Å². The zero-order chi connectivity index (χ0) is 23.1. The number of halogens is 1. The van der Waals surface area contributed by atoms with E-state index in [9.17, 15) is 17.6 Å². The third kappa shape index (κ3) is 5.64. The second-order valence-electron chi connectivity index (χ2n) is 7.20. The van der Waals surface area contributed by atoms with Crippen LogP contribution < -0.4 is 14.4 Å². The molecule has 0 aromatic heterocycles. The summed E-state index contributed by atoms with van der Waals surface area (Å²) in [6.45, 7) is 3.98. The second-order valence-corrected chi connectivity index (χ2v) is 9.06. The summed E-state index contributed by atoms with van der Waals surface area (Å²) in [7, 11) is -4.08. The van der Waals surface area contributed by atoms with Gasteiger partial charge in [-0.1, -0.05) is 30.3 Å². The molecule has 3 aromatic rings. The van der Waals surface area contributed by atoms with E-state index >= 15 is 0 Å². The van der Waals surface area contributed by atoms with Gasteiger partial charge in [0.1, 0.15) is 24.7 Å². The molecular weight excluding hydrogens is 431 g/mol. The SMILES string of the molecule is Cc1cccc(OCCNC(=O)CN(c2ccccc2)S(=O)(=O)c2ccc(F)cc2)c1C. The number of hydrogen-bond donors (Lipinski definition) is 1. The largest absolute Gasteiger partial charge is 0.491 e. The quantitative estimate of drug-likeness (QED) is 0.497. The van der Waals surface area contributed by atoms with E-state index < -0.39 is 28.3 Å². The minimum atomic E-state index is -4.08. The summed E-state index contributed by atoms with van der Waals surface area (Å²) < 4.78 is 46.3. The van der Waals surface area contributed by atoms with E-state index in [1.165, 1.54) is 12.1 Å². The molecule has 0 spiro atoms. The lowest BCUT2D eigenvalue weighted by Crippen LogP contribution is -2.41. The molecule has 3 rings (SSSR count). The molecule has 0 radical (unpaired) electrons. The van der Waals surface area contributed by atoms with Gasteiger partial charge in [0.25, 0.3) is 10.0 Å². The van der Waals surface area contributed by atoms with Crippen molar-refractivity contribution < 1.29 is 22.3 Å². The lowest BCUT2D eigenvalue weighted by atomic mass is 10.1. The highest BCUT2D eigenvalue weighted by molar-refractivity contribution is 7.92. The van der Waals surface area contributed by atoms with Gasteiger partial charge in [-0.15, -0.1) is 0 Å². The van der Waals surface area contributed by atoms with Crippen LogP contribution in [0.5, 0.6) is 5.75 Å². The summed E-state index contributed by atoms with van der Waals surface area (Å²) in [4.78, 5) is 12.5. The third-order valence-corrected chi connectivity index (χ3v) is 6.76. The summed E-state index contributed by atoms with van der Waals surface area (Å²) in [6, 6.07) is 18.5. The number of benzene rings is 3. The molecule has 0 saturated heterocycles. The van der Waals surface area contributed by atoms with Gasteiger partial charge in [0.05, 0.1) is 17.1 Å². The van der Waals surface area contributed by atoms with Gasteiger partial charge in [-0.2, -0.15) is 0 Å². The number of para-hydroxylation sites is 1. The Balaban J connectivity index is 1.68. The van der Waals surface area contributed by atoms with Crippen molar-refractivity contribution in [2.24, 2.45) is 0 Å². The van der Waals surface area contributed by atoms with Crippen molar-refractivity contribution in [1.82, 2.24) is 5.32 Å². The molecule has 0 fully saturated rings. The van der Waals surface area contributed by atoms with Crippen molar-refractivity contribution in [2.45, 2.75) is 18.7 Å². The Hall–Kier alpha value is -3.39. The van der Waals surface area contributed by atoms with Crippen molar-refractivity contribution in [1.29, 1.82) is 0 Å². The fraction of sp³-hybridized carbons (Fsp3) is 0.208. The maximum absolute atomic E-state index is 13.3. The van der Waals surface area contributed by atoms with Crippen LogP contribution in [0, 0.1) is 19.7 Å². The number of carbonyl (C=O) groups excluding carboxylic acids is 1. The molecule has 0 aliphatic rings. The lowest BCUT2D eigenvalue weighted by molar-refractivity contribution is -0.119. The molecule has 0 atom stereocenters. The van der Waals surface area contributed by atoms with Crippen molar-refractivity contribution in [2.75, 3.05) is 24.0 Å². The summed E-state index contributed by atoms with van der Waals surface area (Å²) >= 11 is 0. The normalized spacial score (nSPS) is 11.1. The van der Waals surface area contributed by atoms with Crippen LogP contribution in [0.2, 0.25) is 0 Å². The number of anilines is 1. The third-order valence-electron chi connectivity index (χ3n) is 4.97. The first kappa shape index (κ1) is 23.3. The van der Waals surface area contributed by atoms with Crippen LogP contribution in [0.4, 0.5) is 10.1 Å². The molecule has 0 unspecified atom stereocenters. The number of amides is 1. The molecule has 0 heterocycles. The van der Waals surface area contributed by atoms with E-state index in [4.69, 9.17) is 4.74 Å². The van der Waals surface area contributed by atoms with E-state index in [-0.39, 0.29) is 18.0 Å². The minimum Gasteiger partial charge on any atom is -0.491 e. The molecule has 168 valence electrons. The molecule has 0 aliphatic heterocycles. The number of nitrogens with one attached hydrogen (secondary N) is 1. The maximum Gasteiger partial charge on any atom is 0.264 e. The molecule has 32 heavy (non-hydrogen) atoms. The highest BCUT2D eigenvalue weighted by Gasteiger charge is 2.27. The molecule has 0 saturated carbocycles. The Labute approximate surface area is 187 Å². The summed E-state index contributed by atoms with van der Waals surface area (Å²) in [5.41, 5.74) is 2.47. The standard InChI is InChI=1S/C24H25FN2O4S/c1-18-7-6-10-23(19(18)2)31-16-15-26-24(28)17-27(21-8-4-3-5-9-21)32(29,30)22-13-11-20(25)12-14-22/h3-14H,15-17H2,1-2H3,(H,26,28). The molecule has 0 bridgehead atoms. The number of sulfonamides is 1. The minimum absolute atomic E-state index is 0.103. The Morgan fingerprint density at radius 1 is 0.969 bits per heavy atom. The second kappa shape index (κ2) is 10.3. The van der Waals surface area contributed by atoms with Crippen molar-refractivity contribution in [3.8, 4) is 5.75 Å². The van der Waals surface area contributed by atoms with Gasteiger partial charge in [0.15, 0.2) is 0 Å².